The molecule has 2 saturated heterocycles. The number of benzene rings is 2. The molecular weight excluding hydrogens is 817 g/mol. The van der Waals surface area contributed by atoms with Crippen molar-refractivity contribution in [3.63, 3.8) is 0 Å². The average molecular weight is 872 g/mol. The van der Waals surface area contributed by atoms with Gasteiger partial charge in [-0.1, -0.05) is 23.9 Å². The second kappa shape index (κ2) is 17.3. The first kappa shape index (κ1) is 43.7. The van der Waals surface area contributed by atoms with Crippen LogP contribution in [-0.2, 0) is 21.1 Å². The van der Waals surface area contributed by atoms with Gasteiger partial charge in [0.1, 0.15) is 17.4 Å². The summed E-state index contributed by atoms with van der Waals surface area (Å²) in [5, 5.41) is 19.9. The summed E-state index contributed by atoms with van der Waals surface area (Å²) in [4.78, 5) is 74.9. The number of pyridine rings is 1. The molecule has 330 valence electrons. The minimum atomic E-state index is -3.19. The van der Waals surface area contributed by atoms with Gasteiger partial charge in [0, 0.05) is 55.3 Å². The molecule has 62 heavy (non-hydrogen) atoms. The van der Waals surface area contributed by atoms with Gasteiger partial charge in [-0.25, -0.2) is 4.98 Å². The van der Waals surface area contributed by atoms with Crippen LogP contribution in [0, 0.1) is 17.8 Å². The highest BCUT2D eigenvalue weighted by atomic mass is 32.2. The summed E-state index contributed by atoms with van der Waals surface area (Å²) in [6.45, 7) is 7.91. The van der Waals surface area contributed by atoms with Crippen LogP contribution in [0.15, 0.2) is 53.4 Å². The molecule has 8 rings (SSSR count). The minimum Gasteiger partial charge on any atom is -0.386 e. The zero-order valence-electron chi connectivity index (χ0n) is 35.6. The van der Waals surface area contributed by atoms with Crippen LogP contribution in [0.5, 0.6) is 0 Å². The predicted octanol–water partition coefficient (Wildman–Crippen LogP) is 6.96. The first-order valence-corrected chi connectivity index (χ1v) is 22.6. The molecule has 16 heteroatoms. The van der Waals surface area contributed by atoms with Crippen molar-refractivity contribution in [1.29, 1.82) is 0 Å². The summed E-state index contributed by atoms with van der Waals surface area (Å²) in [7, 11) is 2.09. The van der Waals surface area contributed by atoms with Crippen molar-refractivity contribution >= 4 is 58.4 Å². The number of fused-ring (bicyclic) bond motifs is 2. The molecule has 1 saturated carbocycles. The Balaban J connectivity index is 0.801. The lowest BCUT2D eigenvalue weighted by Crippen LogP contribution is -2.54. The van der Waals surface area contributed by atoms with Gasteiger partial charge < -0.3 is 25.5 Å². The molecule has 5 aliphatic rings. The molecule has 5 amide bonds. The summed E-state index contributed by atoms with van der Waals surface area (Å²) in [5.74, 6) is -4.20. The number of amides is 5. The lowest BCUT2D eigenvalue weighted by Gasteiger charge is -2.39. The van der Waals surface area contributed by atoms with Crippen LogP contribution in [0.4, 0.5) is 25.8 Å². The SMILES string of the molecule is CN1c2cc(C(C)(C)O)c(NC(=O)c3cccc(C(C)(F)F)n3)cc2SC1[C@H]1CC[C@H](CN2CCC(CCNc3cccc4c3C(=O)N(C3CCC(=O)NC3=O)C4=O)CC2)CC1. The van der Waals surface area contributed by atoms with E-state index in [1.165, 1.54) is 18.2 Å². The lowest BCUT2D eigenvalue weighted by atomic mass is 9.81. The number of hydrogen-bond acceptors (Lipinski definition) is 11. The van der Waals surface area contributed by atoms with E-state index in [9.17, 15) is 37.9 Å². The summed E-state index contributed by atoms with van der Waals surface area (Å²) in [6.07, 6.45) is 7.85. The first-order valence-electron chi connectivity index (χ1n) is 21.7. The zero-order valence-corrected chi connectivity index (χ0v) is 36.5. The maximum Gasteiger partial charge on any atom is 0.287 e. The molecule has 3 aromatic rings. The van der Waals surface area contributed by atoms with Crippen LogP contribution < -0.4 is 20.9 Å². The smallest absolute Gasteiger partial charge is 0.287 e. The fourth-order valence-corrected chi connectivity index (χ4v) is 11.4. The van der Waals surface area contributed by atoms with Crippen LogP contribution in [0.3, 0.4) is 0 Å². The van der Waals surface area contributed by atoms with E-state index in [-0.39, 0.29) is 35.0 Å². The molecule has 2 atom stereocenters. The molecule has 0 spiro atoms. The Kier molecular flexibility index (Phi) is 12.2. The Hall–Kier alpha value is -4.93. The maximum atomic E-state index is 14.0. The van der Waals surface area contributed by atoms with Crippen LogP contribution in [0.25, 0.3) is 0 Å². The quantitative estimate of drug-likeness (QED) is 0.139. The molecule has 1 aromatic heterocycles. The van der Waals surface area contributed by atoms with Gasteiger partial charge in [0.2, 0.25) is 11.8 Å². The van der Waals surface area contributed by atoms with Gasteiger partial charge in [0.15, 0.2) is 0 Å². The van der Waals surface area contributed by atoms with Crippen molar-refractivity contribution in [3.8, 4) is 0 Å². The van der Waals surface area contributed by atoms with Crippen molar-refractivity contribution in [1.82, 2.24) is 20.1 Å². The van der Waals surface area contributed by atoms with Crippen molar-refractivity contribution in [2.75, 3.05) is 48.8 Å². The van der Waals surface area contributed by atoms with Gasteiger partial charge in [-0.2, -0.15) is 8.78 Å². The highest BCUT2D eigenvalue weighted by Crippen LogP contribution is 2.51. The van der Waals surface area contributed by atoms with Gasteiger partial charge >= 0.3 is 0 Å². The molecule has 5 heterocycles. The number of anilines is 3. The maximum absolute atomic E-state index is 14.0. The van der Waals surface area contributed by atoms with Gasteiger partial charge in [-0.15, -0.1) is 0 Å². The van der Waals surface area contributed by atoms with E-state index in [1.807, 2.05) is 12.1 Å². The van der Waals surface area contributed by atoms with Gasteiger partial charge in [0.25, 0.3) is 23.6 Å². The number of piperidine rings is 2. The van der Waals surface area contributed by atoms with Gasteiger partial charge in [-0.3, -0.25) is 34.2 Å². The number of carbonyl (C=O) groups excluding carboxylic acids is 5. The van der Waals surface area contributed by atoms with E-state index < -0.39 is 52.8 Å². The number of nitrogens with one attached hydrogen (secondary N) is 3. The molecule has 2 aromatic carbocycles. The van der Waals surface area contributed by atoms with E-state index in [2.05, 4.69) is 37.8 Å². The fourth-order valence-electron chi connectivity index (χ4n) is 9.85. The second-order valence-electron chi connectivity index (χ2n) is 18.2. The summed E-state index contributed by atoms with van der Waals surface area (Å²) in [5.41, 5.74) is 1.21. The number of alkyl halides is 2. The zero-order chi connectivity index (χ0) is 44.1. The van der Waals surface area contributed by atoms with Crippen LogP contribution in [0.1, 0.15) is 121 Å². The van der Waals surface area contributed by atoms with E-state index in [4.69, 9.17) is 0 Å². The summed E-state index contributed by atoms with van der Waals surface area (Å²) < 4.78 is 27.9. The molecule has 0 radical (unpaired) electrons. The topological polar surface area (TPSA) is 164 Å². The number of aliphatic hydroxyl groups is 1. The summed E-state index contributed by atoms with van der Waals surface area (Å²) >= 11 is 1.77. The number of thioether (sulfide) groups is 1. The fraction of sp³-hybridized carbons (Fsp3) is 0.522. The number of aromatic nitrogens is 1. The predicted molar refractivity (Wildman–Crippen MR) is 232 cm³/mol. The van der Waals surface area contributed by atoms with E-state index in [0.717, 1.165) is 87.0 Å². The molecule has 1 aliphatic carbocycles. The van der Waals surface area contributed by atoms with E-state index >= 15 is 0 Å². The third-order valence-corrected chi connectivity index (χ3v) is 14.8. The van der Waals surface area contributed by atoms with Crippen molar-refractivity contribution in [2.24, 2.45) is 17.8 Å². The molecule has 4 aliphatic heterocycles. The molecule has 2 unspecified atom stereocenters. The third-order valence-electron chi connectivity index (χ3n) is 13.3. The van der Waals surface area contributed by atoms with Crippen LogP contribution in [0.2, 0.25) is 0 Å². The standard InChI is InChI=1S/C46H55F2N7O6S/c1-45(2,61)30-23-35-36(24-33(30)51-40(57)32-9-6-10-37(50-32)46(3,47)48)62-44(53(35)4)28-13-11-27(12-14-28)25-54-21-18-26(19-22-54)17-20-49-31-8-5-7-29-39(31)43(60)55(42(29)59)34-15-16-38(56)52-41(34)58/h5-10,23-24,26-28,34,44,49,61H,11-22,25H2,1-4H3,(H,51,57)(H,52,56,58)/t27-,28-,34?,44?. The van der Waals surface area contributed by atoms with Crippen LogP contribution in [-0.4, -0.2) is 94.1 Å². The van der Waals surface area contributed by atoms with Crippen molar-refractivity contribution in [2.45, 2.75) is 106 Å². The normalized spacial score (nSPS) is 23.7. The van der Waals surface area contributed by atoms with Gasteiger partial charge in [0.05, 0.1) is 27.8 Å². The number of likely N-dealkylation sites (tertiary alicyclic amines) is 1. The van der Waals surface area contributed by atoms with Crippen LogP contribution >= 0.6 is 11.8 Å². The van der Waals surface area contributed by atoms with E-state index in [0.29, 0.717) is 41.2 Å². The van der Waals surface area contributed by atoms with Crippen molar-refractivity contribution < 1.29 is 37.9 Å². The second-order valence-corrected chi connectivity index (χ2v) is 19.4. The Bertz CT molecular complexity index is 2260. The average Bonchev–Trinajstić information content (AvgIpc) is 3.69. The lowest BCUT2D eigenvalue weighted by molar-refractivity contribution is -0.136. The molecular formula is C46H55F2N7O6S. The van der Waals surface area contributed by atoms with Crippen molar-refractivity contribution in [3.05, 3.63) is 76.6 Å². The Morgan fingerprint density at radius 1 is 0.919 bits per heavy atom. The Morgan fingerprint density at radius 3 is 2.34 bits per heavy atom. The van der Waals surface area contributed by atoms with Gasteiger partial charge in [-0.05, 0) is 132 Å². The number of imide groups is 2. The largest absolute Gasteiger partial charge is 0.386 e. The summed E-state index contributed by atoms with van der Waals surface area (Å²) in [6, 6.07) is 12.0. The number of hydrogen-bond donors (Lipinski definition) is 4. The first-order chi connectivity index (χ1) is 29.5. The number of halogens is 2. The third kappa shape index (κ3) is 8.96. The Labute approximate surface area is 364 Å². The number of carbonyl (C=O) groups is 5. The minimum absolute atomic E-state index is 0.0792. The molecule has 4 N–H and O–H groups in total. The Morgan fingerprint density at radius 2 is 1.65 bits per heavy atom. The van der Waals surface area contributed by atoms with E-state index in [1.54, 1.807) is 43.8 Å². The highest BCUT2D eigenvalue weighted by Gasteiger charge is 2.46. The molecule has 13 nitrogen and oxygen atoms in total. The monoisotopic (exact) mass is 871 g/mol. The highest BCUT2D eigenvalue weighted by molar-refractivity contribution is 8.00. The molecule has 3 fully saturated rings. The molecule has 0 bridgehead atoms. The number of rotatable bonds is 12. The number of nitrogens with zero attached hydrogens (tertiary/aromatic N) is 4.